The lowest BCUT2D eigenvalue weighted by atomic mass is 10.00. The van der Waals surface area contributed by atoms with Crippen molar-refractivity contribution >= 4 is 22.0 Å². The Balaban J connectivity index is 1.38. The molecule has 5 rings (SSSR count). The van der Waals surface area contributed by atoms with Gasteiger partial charge in [0.05, 0.1) is 6.04 Å². The van der Waals surface area contributed by atoms with Gasteiger partial charge in [-0.3, -0.25) is 9.69 Å². The first kappa shape index (κ1) is 33.4. The van der Waals surface area contributed by atoms with E-state index in [-0.39, 0.29) is 43.9 Å². The maximum atomic E-state index is 15.1. The van der Waals surface area contributed by atoms with Gasteiger partial charge in [-0.2, -0.15) is 4.31 Å². The lowest BCUT2D eigenvalue weighted by molar-refractivity contribution is 0.00368. The van der Waals surface area contributed by atoms with E-state index in [1.165, 1.54) is 14.1 Å². The van der Waals surface area contributed by atoms with Crippen molar-refractivity contribution in [2.45, 2.75) is 43.9 Å². The lowest BCUT2D eigenvalue weighted by Gasteiger charge is -2.42. The van der Waals surface area contributed by atoms with Crippen molar-refractivity contribution in [1.29, 1.82) is 0 Å². The van der Waals surface area contributed by atoms with Crippen LogP contribution in [0.1, 0.15) is 48.3 Å². The quantitative estimate of drug-likeness (QED) is 0.369. The van der Waals surface area contributed by atoms with Crippen LogP contribution in [-0.2, 0) is 21.3 Å². The standard InChI is InChI=1S/C33H37F3N4O5S/c1-33(2,3)45-32(42)38-15-18-40(29(22-38)26-20-25(34)10-12-27(26)35)31(41)24-9-11-28(36)30(19-24)46(43,44)39-16-13-37(14-17-39)21-23-7-5-4-6-8-23/h4-12,19-20,29H,13-18,21-22H2,1-3H3. The average molecular weight is 659 g/mol. The molecule has 0 radical (unpaired) electrons. The molecule has 0 bridgehead atoms. The van der Waals surface area contributed by atoms with Crippen LogP contribution in [0.4, 0.5) is 18.0 Å². The number of carbonyl (C=O) groups excluding carboxylic acids is 2. The van der Waals surface area contributed by atoms with Crippen LogP contribution < -0.4 is 0 Å². The number of hydrogen-bond acceptors (Lipinski definition) is 6. The minimum Gasteiger partial charge on any atom is -0.444 e. The second-order valence-electron chi connectivity index (χ2n) is 12.4. The predicted octanol–water partition coefficient (Wildman–Crippen LogP) is 5.04. The topological polar surface area (TPSA) is 90.5 Å². The number of amides is 2. The summed E-state index contributed by atoms with van der Waals surface area (Å²) in [6, 6.07) is 14.5. The molecular formula is C33H37F3N4O5S. The Labute approximate surface area is 267 Å². The molecule has 13 heteroatoms. The molecule has 0 N–H and O–H groups in total. The maximum Gasteiger partial charge on any atom is 0.410 e. The van der Waals surface area contributed by atoms with Gasteiger partial charge in [0, 0.05) is 63.5 Å². The Hall–Kier alpha value is -3.94. The van der Waals surface area contributed by atoms with Crippen LogP contribution in [0.2, 0.25) is 0 Å². The van der Waals surface area contributed by atoms with Gasteiger partial charge in [0.1, 0.15) is 27.9 Å². The third kappa shape index (κ3) is 7.54. The molecule has 1 unspecified atom stereocenters. The number of ether oxygens (including phenoxy) is 1. The highest BCUT2D eigenvalue weighted by atomic mass is 32.2. The molecular weight excluding hydrogens is 621 g/mol. The first-order chi connectivity index (χ1) is 21.7. The molecule has 246 valence electrons. The summed E-state index contributed by atoms with van der Waals surface area (Å²) < 4.78 is 78.3. The van der Waals surface area contributed by atoms with E-state index in [1.54, 1.807) is 20.8 Å². The van der Waals surface area contributed by atoms with Gasteiger partial charge < -0.3 is 14.5 Å². The van der Waals surface area contributed by atoms with Crippen LogP contribution >= 0.6 is 0 Å². The van der Waals surface area contributed by atoms with E-state index in [0.29, 0.717) is 19.6 Å². The van der Waals surface area contributed by atoms with Crippen LogP contribution in [-0.4, -0.2) is 90.8 Å². The van der Waals surface area contributed by atoms with Gasteiger partial charge in [-0.05, 0) is 62.7 Å². The van der Waals surface area contributed by atoms with E-state index < -0.39 is 56.0 Å². The maximum absolute atomic E-state index is 15.1. The minimum atomic E-state index is -4.31. The number of rotatable bonds is 6. The first-order valence-corrected chi connectivity index (χ1v) is 16.5. The van der Waals surface area contributed by atoms with E-state index in [9.17, 15) is 22.4 Å². The summed E-state index contributed by atoms with van der Waals surface area (Å²) in [7, 11) is -4.31. The molecule has 3 aromatic carbocycles. The van der Waals surface area contributed by atoms with E-state index in [1.807, 2.05) is 30.3 Å². The highest BCUT2D eigenvalue weighted by molar-refractivity contribution is 7.89. The van der Waals surface area contributed by atoms with Crippen molar-refractivity contribution in [3.8, 4) is 0 Å². The fourth-order valence-corrected chi connectivity index (χ4v) is 7.18. The molecule has 9 nitrogen and oxygen atoms in total. The Bertz CT molecular complexity index is 1690. The predicted molar refractivity (Wildman–Crippen MR) is 165 cm³/mol. The zero-order chi connectivity index (χ0) is 33.2. The smallest absolute Gasteiger partial charge is 0.410 e. The molecule has 3 aromatic rings. The number of sulfonamides is 1. The molecule has 2 saturated heterocycles. The number of halogens is 3. The molecule has 0 spiro atoms. The van der Waals surface area contributed by atoms with Crippen molar-refractivity contribution in [3.05, 3.63) is 101 Å². The van der Waals surface area contributed by atoms with E-state index in [4.69, 9.17) is 4.74 Å². The van der Waals surface area contributed by atoms with Crippen LogP contribution in [0.5, 0.6) is 0 Å². The Morgan fingerprint density at radius 1 is 0.848 bits per heavy atom. The third-order valence-corrected chi connectivity index (χ3v) is 9.90. The van der Waals surface area contributed by atoms with E-state index in [0.717, 1.165) is 42.0 Å². The molecule has 0 aliphatic carbocycles. The van der Waals surface area contributed by atoms with E-state index >= 15 is 8.78 Å². The molecule has 2 amide bonds. The van der Waals surface area contributed by atoms with Gasteiger partial charge in [0.2, 0.25) is 10.0 Å². The largest absolute Gasteiger partial charge is 0.444 e. The zero-order valence-corrected chi connectivity index (χ0v) is 26.8. The van der Waals surface area contributed by atoms with Gasteiger partial charge in [-0.25, -0.2) is 26.4 Å². The molecule has 0 saturated carbocycles. The Morgan fingerprint density at radius 2 is 1.52 bits per heavy atom. The van der Waals surface area contributed by atoms with Crippen LogP contribution in [0.15, 0.2) is 71.6 Å². The van der Waals surface area contributed by atoms with Gasteiger partial charge >= 0.3 is 6.09 Å². The first-order valence-electron chi connectivity index (χ1n) is 15.0. The molecule has 46 heavy (non-hydrogen) atoms. The molecule has 2 aliphatic heterocycles. The van der Waals surface area contributed by atoms with Crippen molar-refractivity contribution < 1.29 is 35.9 Å². The summed E-state index contributed by atoms with van der Waals surface area (Å²) in [5.74, 6) is -3.26. The van der Waals surface area contributed by atoms with Gasteiger partial charge in [0.15, 0.2) is 0 Å². The van der Waals surface area contributed by atoms with Gasteiger partial charge in [0.25, 0.3) is 5.91 Å². The van der Waals surface area contributed by atoms with Crippen molar-refractivity contribution in [3.63, 3.8) is 0 Å². The Morgan fingerprint density at radius 3 is 2.20 bits per heavy atom. The monoisotopic (exact) mass is 658 g/mol. The van der Waals surface area contributed by atoms with Crippen molar-refractivity contribution in [1.82, 2.24) is 19.0 Å². The van der Waals surface area contributed by atoms with Crippen LogP contribution in [0, 0.1) is 17.5 Å². The Kier molecular flexibility index (Phi) is 9.75. The molecule has 0 aromatic heterocycles. The number of piperazine rings is 2. The normalized spacial score (nSPS) is 18.4. The highest BCUT2D eigenvalue weighted by Gasteiger charge is 2.38. The summed E-state index contributed by atoms with van der Waals surface area (Å²) in [6.45, 7) is 6.61. The van der Waals surface area contributed by atoms with Crippen molar-refractivity contribution in [2.75, 3.05) is 45.8 Å². The average Bonchev–Trinajstić information content (AvgIpc) is 3.01. The summed E-state index contributed by atoms with van der Waals surface area (Å²) in [4.78, 5) is 30.8. The minimum absolute atomic E-state index is 0.0215. The summed E-state index contributed by atoms with van der Waals surface area (Å²) in [5, 5.41) is 0. The lowest BCUT2D eigenvalue weighted by Crippen LogP contribution is -2.53. The summed E-state index contributed by atoms with van der Waals surface area (Å²) in [5.41, 5.74) is -0.0201. The summed E-state index contributed by atoms with van der Waals surface area (Å²) >= 11 is 0. The van der Waals surface area contributed by atoms with Crippen molar-refractivity contribution in [2.24, 2.45) is 0 Å². The summed E-state index contributed by atoms with van der Waals surface area (Å²) in [6.07, 6.45) is -0.680. The fourth-order valence-electron chi connectivity index (χ4n) is 5.66. The van der Waals surface area contributed by atoms with E-state index in [2.05, 4.69) is 4.90 Å². The van der Waals surface area contributed by atoms with Gasteiger partial charge in [-0.15, -0.1) is 0 Å². The second kappa shape index (κ2) is 13.4. The number of carbonyl (C=O) groups is 2. The highest BCUT2D eigenvalue weighted by Crippen LogP contribution is 2.32. The van der Waals surface area contributed by atoms with Crippen LogP contribution in [0.25, 0.3) is 0 Å². The van der Waals surface area contributed by atoms with Crippen LogP contribution in [0.3, 0.4) is 0 Å². The molecule has 2 fully saturated rings. The zero-order valence-electron chi connectivity index (χ0n) is 26.0. The molecule has 2 heterocycles. The second-order valence-corrected chi connectivity index (χ2v) is 14.3. The fraction of sp³-hybridized carbons (Fsp3) is 0.394. The third-order valence-electron chi connectivity index (χ3n) is 7.99. The SMILES string of the molecule is CC(C)(C)OC(=O)N1CCN(C(=O)c2ccc(F)c(S(=O)(=O)N3CCN(Cc4ccccc4)CC3)c2)C(c2cc(F)ccc2F)C1. The molecule has 2 aliphatic rings. The molecule has 1 atom stereocenters. The van der Waals surface area contributed by atoms with Gasteiger partial charge in [-0.1, -0.05) is 30.3 Å². The number of nitrogens with zero attached hydrogens (tertiary/aromatic N) is 4. The number of benzene rings is 3. The number of hydrogen-bond donors (Lipinski definition) is 0.